The summed E-state index contributed by atoms with van der Waals surface area (Å²) in [5, 5.41) is 7.27. The highest BCUT2D eigenvalue weighted by Crippen LogP contribution is 2.44. The number of nitrogens with zero attached hydrogens (tertiary/aromatic N) is 4. The molecule has 3 heterocycles. The van der Waals surface area contributed by atoms with Crippen molar-refractivity contribution in [1.29, 1.82) is 0 Å². The average molecular weight is 689 g/mol. The first kappa shape index (κ1) is 30.3. The maximum Gasteiger partial charge on any atom is 0.162 e. The molecule has 252 valence electrons. The summed E-state index contributed by atoms with van der Waals surface area (Å²) >= 11 is 0. The van der Waals surface area contributed by atoms with Crippen LogP contribution in [0, 0.1) is 0 Å². The molecule has 0 aliphatic carbocycles. The number of para-hydroxylation sites is 3. The van der Waals surface area contributed by atoms with Gasteiger partial charge < -0.3 is 9.13 Å². The third-order valence-electron chi connectivity index (χ3n) is 10.7. The first-order valence-corrected chi connectivity index (χ1v) is 18.3. The van der Waals surface area contributed by atoms with Crippen LogP contribution >= 0.6 is 0 Å². The van der Waals surface area contributed by atoms with Crippen LogP contribution in [0.15, 0.2) is 194 Å². The van der Waals surface area contributed by atoms with Crippen LogP contribution < -0.4 is 0 Å². The van der Waals surface area contributed by atoms with E-state index in [1.54, 1.807) is 0 Å². The molecule has 0 aliphatic rings. The van der Waals surface area contributed by atoms with Gasteiger partial charge in [-0.2, -0.15) is 0 Å². The topological polar surface area (TPSA) is 35.6 Å². The number of hydrogen-bond acceptors (Lipinski definition) is 2. The van der Waals surface area contributed by atoms with Crippen LogP contribution in [0.1, 0.15) is 0 Å². The van der Waals surface area contributed by atoms with E-state index >= 15 is 0 Å². The standard InChI is InChI=1S/C50H32N4/c1-3-17-34(18-4-1)41-32-42(35-19-5-2-6-20-35)52-50(51-41)40-25-11-14-28-46(40)54-44-26-12-9-23-37(44)38-30-31-47-48(49(38)54)39-24-10-13-27-45(39)53(47)43-29-15-21-33-16-7-8-22-36(33)43/h1-32H. The highest BCUT2D eigenvalue weighted by molar-refractivity contribution is 6.26. The van der Waals surface area contributed by atoms with Crippen LogP contribution in [-0.2, 0) is 0 Å². The summed E-state index contributed by atoms with van der Waals surface area (Å²) in [5.41, 5.74) is 11.7. The molecule has 4 heteroatoms. The minimum Gasteiger partial charge on any atom is -0.309 e. The lowest BCUT2D eigenvalue weighted by atomic mass is 10.1. The lowest BCUT2D eigenvalue weighted by Gasteiger charge is -2.15. The van der Waals surface area contributed by atoms with Gasteiger partial charge >= 0.3 is 0 Å². The number of aromatic nitrogens is 4. The molecule has 0 spiro atoms. The molecule has 3 aromatic heterocycles. The van der Waals surface area contributed by atoms with E-state index in [4.69, 9.17) is 9.97 Å². The lowest BCUT2D eigenvalue weighted by molar-refractivity contribution is 1.14. The summed E-state index contributed by atoms with van der Waals surface area (Å²) in [4.78, 5) is 10.6. The molecule has 8 aromatic carbocycles. The van der Waals surface area contributed by atoms with Crippen molar-refractivity contribution < 1.29 is 0 Å². The van der Waals surface area contributed by atoms with Gasteiger partial charge in [0.25, 0.3) is 0 Å². The molecule has 11 aromatic rings. The monoisotopic (exact) mass is 688 g/mol. The Labute approximate surface area is 311 Å². The van der Waals surface area contributed by atoms with Crippen molar-refractivity contribution in [2.75, 3.05) is 0 Å². The van der Waals surface area contributed by atoms with E-state index in [1.807, 2.05) is 12.1 Å². The third-order valence-corrected chi connectivity index (χ3v) is 10.7. The number of benzene rings is 8. The van der Waals surface area contributed by atoms with Crippen molar-refractivity contribution in [1.82, 2.24) is 19.1 Å². The van der Waals surface area contributed by atoms with Crippen molar-refractivity contribution >= 4 is 54.4 Å². The average Bonchev–Trinajstić information content (AvgIpc) is 3.77. The molecule has 0 bridgehead atoms. The lowest BCUT2D eigenvalue weighted by Crippen LogP contribution is -2.01. The van der Waals surface area contributed by atoms with Crippen LogP contribution in [0.4, 0.5) is 0 Å². The summed E-state index contributed by atoms with van der Waals surface area (Å²) in [6.07, 6.45) is 0. The Bertz CT molecular complexity index is 3150. The van der Waals surface area contributed by atoms with Crippen molar-refractivity contribution in [3.8, 4) is 45.3 Å². The van der Waals surface area contributed by atoms with E-state index in [-0.39, 0.29) is 0 Å². The van der Waals surface area contributed by atoms with Gasteiger partial charge in [0, 0.05) is 43.6 Å². The van der Waals surface area contributed by atoms with Crippen LogP contribution in [0.2, 0.25) is 0 Å². The molecule has 0 amide bonds. The molecule has 0 fully saturated rings. The molecule has 0 radical (unpaired) electrons. The van der Waals surface area contributed by atoms with E-state index in [0.29, 0.717) is 5.82 Å². The Morgan fingerprint density at radius 1 is 0.352 bits per heavy atom. The fraction of sp³-hybridized carbons (Fsp3) is 0. The molecular weight excluding hydrogens is 657 g/mol. The zero-order valence-electron chi connectivity index (χ0n) is 29.3. The van der Waals surface area contributed by atoms with E-state index in [1.165, 1.54) is 49.0 Å². The Morgan fingerprint density at radius 3 is 1.65 bits per heavy atom. The first-order chi connectivity index (χ1) is 26.8. The molecular formula is C50H32N4. The number of fused-ring (bicyclic) bond motifs is 8. The van der Waals surface area contributed by atoms with Gasteiger partial charge in [-0.15, -0.1) is 0 Å². The maximum atomic E-state index is 5.29. The highest BCUT2D eigenvalue weighted by Gasteiger charge is 2.23. The Morgan fingerprint density at radius 2 is 0.907 bits per heavy atom. The fourth-order valence-corrected chi connectivity index (χ4v) is 8.36. The Balaban J connectivity index is 1.25. The number of hydrogen-bond donors (Lipinski definition) is 0. The molecule has 54 heavy (non-hydrogen) atoms. The number of rotatable bonds is 5. The van der Waals surface area contributed by atoms with Crippen LogP contribution in [0.3, 0.4) is 0 Å². The Hall–Kier alpha value is -7.30. The second-order valence-electron chi connectivity index (χ2n) is 13.8. The summed E-state index contributed by atoms with van der Waals surface area (Å²) in [6.45, 7) is 0. The minimum atomic E-state index is 0.682. The van der Waals surface area contributed by atoms with E-state index in [2.05, 4.69) is 191 Å². The summed E-state index contributed by atoms with van der Waals surface area (Å²) in [7, 11) is 0. The van der Waals surface area contributed by atoms with Gasteiger partial charge in [-0.3, -0.25) is 0 Å². The van der Waals surface area contributed by atoms with Gasteiger partial charge in [0.05, 0.1) is 44.8 Å². The maximum absolute atomic E-state index is 5.29. The quantitative estimate of drug-likeness (QED) is 0.180. The van der Waals surface area contributed by atoms with Crippen molar-refractivity contribution in [3.05, 3.63) is 194 Å². The van der Waals surface area contributed by atoms with Gasteiger partial charge in [-0.05, 0) is 47.9 Å². The van der Waals surface area contributed by atoms with Gasteiger partial charge in [0.2, 0.25) is 0 Å². The largest absolute Gasteiger partial charge is 0.309 e. The molecule has 0 aliphatic heterocycles. The molecule has 0 N–H and O–H groups in total. The molecule has 0 saturated carbocycles. The zero-order chi connectivity index (χ0) is 35.6. The zero-order valence-corrected chi connectivity index (χ0v) is 29.3. The Kier molecular flexibility index (Phi) is 6.82. The fourth-order valence-electron chi connectivity index (χ4n) is 8.36. The van der Waals surface area contributed by atoms with Crippen LogP contribution in [0.25, 0.3) is 99.7 Å². The second kappa shape index (κ2) is 12.1. The van der Waals surface area contributed by atoms with Gasteiger partial charge in [-0.1, -0.05) is 152 Å². The third kappa shape index (κ3) is 4.64. The second-order valence-corrected chi connectivity index (χ2v) is 13.8. The molecule has 0 atom stereocenters. The molecule has 0 unspecified atom stereocenters. The van der Waals surface area contributed by atoms with Crippen molar-refractivity contribution in [3.63, 3.8) is 0 Å². The first-order valence-electron chi connectivity index (χ1n) is 18.3. The normalized spacial score (nSPS) is 11.7. The van der Waals surface area contributed by atoms with Gasteiger partial charge in [0.1, 0.15) is 0 Å². The molecule has 11 rings (SSSR count). The highest BCUT2D eigenvalue weighted by atomic mass is 15.0. The smallest absolute Gasteiger partial charge is 0.162 e. The van der Waals surface area contributed by atoms with E-state index in [9.17, 15) is 0 Å². The van der Waals surface area contributed by atoms with E-state index in [0.717, 1.165) is 44.8 Å². The van der Waals surface area contributed by atoms with Gasteiger partial charge in [-0.25, -0.2) is 9.97 Å². The predicted molar refractivity (Wildman–Crippen MR) is 225 cm³/mol. The predicted octanol–water partition coefficient (Wildman–Crippen LogP) is 12.8. The molecule has 0 saturated heterocycles. The SMILES string of the molecule is c1ccc(-c2cc(-c3ccccc3)nc(-c3ccccc3-n3c4ccccc4c4ccc5c(c6ccccc6n5-c5cccc6ccccc56)c43)n2)cc1. The minimum absolute atomic E-state index is 0.682. The van der Waals surface area contributed by atoms with Crippen LogP contribution in [0.5, 0.6) is 0 Å². The van der Waals surface area contributed by atoms with Crippen molar-refractivity contribution in [2.24, 2.45) is 0 Å². The van der Waals surface area contributed by atoms with E-state index < -0.39 is 0 Å². The summed E-state index contributed by atoms with van der Waals surface area (Å²) < 4.78 is 4.89. The van der Waals surface area contributed by atoms with Crippen LogP contribution in [-0.4, -0.2) is 19.1 Å². The summed E-state index contributed by atoms with van der Waals surface area (Å²) in [6, 6.07) is 68.9. The van der Waals surface area contributed by atoms with Crippen molar-refractivity contribution in [2.45, 2.75) is 0 Å². The summed E-state index contributed by atoms with van der Waals surface area (Å²) in [5.74, 6) is 0.682. The molecule has 4 nitrogen and oxygen atoms in total. The van der Waals surface area contributed by atoms with Gasteiger partial charge in [0.15, 0.2) is 5.82 Å².